The number of hydrogen-bond donors (Lipinski definition) is 0. The molecule has 0 bridgehead atoms. The van der Waals surface area contributed by atoms with Gasteiger partial charge in [0, 0.05) is 16.8 Å². The van der Waals surface area contributed by atoms with Crippen molar-refractivity contribution in [3.05, 3.63) is 59.3 Å². The lowest BCUT2D eigenvalue weighted by molar-refractivity contribution is 0.898. The van der Waals surface area contributed by atoms with E-state index < -0.39 is 0 Å². The van der Waals surface area contributed by atoms with Crippen molar-refractivity contribution >= 4 is 5.71 Å². The average Bonchev–Trinajstić information content (AvgIpc) is 2.39. The van der Waals surface area contributed by atoms with Gasteiger partial charge < -0.3 is 0 Å². The van der Waals surface area contributed by atoms with E-state index in [1.54, 1.807) is 0 Å². The van der Waals surface area contributed by atoms with E-state index in [9.17, 15) is 0 Å². The fraction of sp³-hybridized carbons (Fsp3) is 0.278. The zero-order chi connectivity index (χ0) is 14.3. The molecule has 1 rings (SSSR count). The van der Waals surface area contributed by atoms with Gasteiger partial charge in [-0.3, -0.25) is 4.99 Å². The summed E-state index contributed by atoms with van der Waals surface area (Å²) in [6.07, 6.45) is 11.5. The number of aryl methyl sites for hydroxylation is 1. The minimum absolute atomic E-state index is 0.901. The normalized spacial score (nSPS) is 11.6. The van der Waals surface area contributed by atoms with Crippen molar-refractivity contribution in [3.63, 3.8) is 0 Å². The number of nitrogens with zero attached hydrogens (tertiary/aromatic N) is 1. The Morgan fingerprint density at radius 1 is 1.47 bits per heavy atom. The van der Waals surface area contributed by atoms with Crippen LogP contribution in [0.15, 0.2) is 47.6 Å². The van der Waals surface area contributed by atoms with Crippen molar-refractivity contribution in [1.82, 2.24) is 0 Å². The van der Waals surface area contributed by atoms with Crippen LogP contribution in [0.4, 0.5) is 0 Å². The van der Waals surface area contributed by atoms with Gasteiger partial charge in [-0.25, -0.2) is 0 Å². The summed E-state index contributed by atoms with van der Waals surface area (Å²) < 4.78 is 0. The number of aliphatic imine (C=N–C) groups is 1. The summed E-state index contributed by atoms with van der Waals surface area (Å²) in [4.78, 5) is 4.60. The third-order valence-corrected chi connectivity index (χ3v) is 2.83. The minimum Gasteiger partial charge on any atom is -0.253 e. The van der Waals surface area contributed by atoms with Gasteiger partial charge >= 0.3 is 0 Å². The summed E-state index contributed by atoms with van der Waals surface area (Å²) in [5.74, 6) is 2.71. The molecule has 0 saturated heterocycles. The van der Waals surface area contributed by atoms with Gasteiger partial charge in [0.1, 0.15) is 0 Å². The Kier molecular flexibility index (Phi) is 5.82. The Balaban J connectivity index is 3.20. The predicted octanol–water partition coefficient (Wildman–Crippen LogP) is 4.66. The molecule has 0 radical (unpaired) electrons. The largest absolute Gasteiger partial charge is 0.253 e. The van der Waals surface area contributed by atoms with Crippen molar-refractivity contribution in [2.24, 2.45) is 4.99 Å². The van der Waals surface area contributed by atoms with Crippen LogP contribution in [-0.2, 0) is 0 Å². The molecule has 1 aromatic rings. The second-order valence-electron chi connectivity index (χ2n) is 4.49. The van der Waals surface area contributed by atoms with Crippen molar-refractivity contribution in [2.75, 3.05) is 0 Å². The first kappa shape index (κ1) is 15.0. The van der Waals surface area contributed by atoms with Crippen LogP contribution in [0, 0.1) is 19.3 Å². The first-order valence-corrected chi connectivity index (χ1v) is 6.59. The van der Waals surface area contributed by atoms with Crippen LogP contribution in [0.25, 0.3) is 0 Å². The van der Waals surface area contributed by atoms with E-state index in [0.717, 1.165) is 40.9 Å². The van der Waals surface area contributed by atoms with Crippen LogP contribution in [0.2, 0.25) is 0 Å². The lowest BCUT2D eigenvalue weighted by Gasteiger charge is -2.06. The van der Waals surface area contributed by atoms with Crippen molar-refractivity contribution < 1.29 is 0 Å². The maximum Gasteiger partial charge on any atom is 0.0702 e. The van der Waals surface area contributed by atoms with Gasteiger partial charge in [-0.1, -0.05) is 44.1 Å². The third-order valence-electron chi connectivity index (χ3n) is 2.83. The highest BCUT2D eigenvalue weighted by Crippen LogP contribution is 2.14. The Hall–Kier alpha value is -2.07. The molecule has 1 aromatic carbocycles. The second kappa shape index (κ2) is 7.38. The molecular weight excluding hydrogens is 230 g/mol. The van der Waals surface area contributed by atoms with E-state index in [0.29, 0.717) is 0 Å². The maximum atomic E-state index is 5.52. The lowest BCUT2D eigenvalue weighted by Crippen LogP contribution is -1.99. The molecule has 0 aliphatic carbocycles. The number of benzene rings is 1. The number of allylic oxidation sites excluding steroid dienone is 3. The molecule has 0 aliphatic heterocycles. The van der Waals surface area contributed by atoms with Gasteiger partial charge in [0.2, 0.25) is 0 Å². The molecule has 0 heterocycles. The third kappa shape index (κ3) is 4.26. The molecule has 0 aromatic heterocycles. The van der Waals surface area contributed by atoms with Crippen molar-refractivity contribution in [3.8, 4) is 12.3 Å². The summed E-state index contributed by atoms with van der Waals surface area (Å²) in [6.45, 7) is 10.1. The molecule has 1 heteroatoms. The van der Waals surface area contributed by atoms with E-state index >= 15 is 0 Å². The first-order valence-electron chi connectivity index (χ1n) is 6.59. The Morgan fingerprint density at radius 3 is 2.79 bits per heavy atom. The van der Waals surface area contributed by atoms with Gasteiger partial charge in [0.05, 0.1) is 5.71 Å². The fourth-order valence-electron chi connectivity index (χ4n) is 1.81. The molecule has 19 heavy (non-hydrogen) atoms. The summed E-state index contributed by atoms with van der Waals surface area (Å²) in [5.41, 5.74) is 4.87. The second-order valence-corrected chi connectivity index (χ2v) is 4.49. The van der Waals surface area contributed by atoms with Gasteiger partial charge in [-0.2, -0.15) is 0 Å². The SMILES string of the molecule is C#Cc1cc(C(/C=C\C)=NC(=C)CCC)ccc1C. The van der Waals surface area contributed by atoms with Crippen LogP contribution in [0.3, 0.4) is 0 Å². The highest BCUT2D eigenvalue weighted by Gasteiger charge is 2.03. The zero-order valence-electron chi connectivity index (χ0n) is 12.0. The molecule has 0 N–H and O–H groups in total. The monoisotopic (exact) mass is 251 g/mol. The van der Waals surface area contributed by atoms with Crippen molar-refractivity contribution in [1.29, 1.82) is 0 Å². The van der Waals surface area contributed by atoms with Gasteiger partial charge in [-0.05, 0) is 38.0 Å². The van der Waals surface area contributed by atoms with E-state index in [-0.39, 0.29) is 0 Å². The topological polar surface area (TPSA) is 12.4 Å². The van der Waals surface area contributed by atoms with Crippen LogP contribution in [0.5, 0.6) is 0 Å². The minimum atomic E-state index is 0.901. The highest BCUT2D eigenvalue weighted by atomic mass is 14.7. The lowest BCUT2D eigenvalue weighted by atomic mass is 10.0. The molecule has 0 aliphatic rings. The molecular formula is C18H21N. The Bertz CT molecular complexity index is 554. The number of rotatable bonds is 5. The van der Waals surface area contributed by atoms with E-state index in [1.807, 2.05) is 44.2 Å². The summed E-state index contributed by atoms with van der Waals surface area (Å²) in [5, 5.41) is 0. The molecule has 0 spiro atoms. The molecule has 1 nitrogen and oxygen atoms in total. The molecule has 0 atom stereocenters. The Morgan fingerprint density at radius 2 is 2.21 bits per heavy atom. The fourth-order valence-corrected chi connectivity index (χ4v) is 1.81. The first-order chi connectivity index (χ1) is 9.12. The van der Waals surface area contributed by atoms with Gasteiger partial charge in [0.15, 0.2) is 0 Å². The van der Waals surface area contributed by atoms with E-state index in [2.05, 4.69) is 24.4 Å². The van der Waals surface area contributed by atoms with Crippen molar-refractivity contribution in [2.45, 2.75) is 33.6 Å². The molecule has 0 amide bonds. The van der Waals surface area contributed by atoms with Crippen LogP contribution < -0.4 is 0 Å². The zero-order valence-corrected chi connectivity index (χ0v) is 12.0. The maximum absolute atomic E-state index is 5.52. The summed E-state index contributed by atoms with van der Waals surface area (Å²) in [7, 11) is 0. The van der Waals surface area contributed by atoms with E-state index in [1.165, 1.54) is 0 Å². The standard InChI is InChI=1S/C18H21N/c1-6-9-15(5)19-18(10-7-2)17-12-11-14(4)16(8-3)13-17/h3,7,10-13H,5-6,9H2,1-2,4H3/b10-7-,19-18?. The average molecular weight is 251 g/mol. The smallest absolute Gasteiger partial charge is 0.0702 e. The Labute approximate surface area is 116 Å². The van der Waals surface area contributed by atoms with E-state index in [4.69, 9.17) is 6.42 Å². The summed E-state index contributed by atoms with van der Waals surface area (Å²) in [6, 6.07) is 6.09. The quantitative estimate of drug-likeness (QED) is 0.533. The summed E-state index contributed by atoms with van der Waals surface area (Å²) >= 11 is 0. The molecule has 0 fully saturated rings. The van der Waals surface area contributed by atoms with Crippen LogP contribution in [-0.4, -0.2) is 5.71 Å². The highest BCUT2D eigenvalue weighted by molar-refractivity contribution is 6.09. The molecule has 98 valence electrons. The molecule has 0 unspecified atom stereocenters. The van der Waals surface area contributed by atoms with Gasteiger partial charge in [-0.15, -0.1) is 6.42 Å². The number of hydrogen-bond acceptors (Lipinski definition) is 1. The van der Waals surface area contributed by atoms with Gasteiger partial charge in [0.25, 0.3) is 0 Å². The van der Waals surface area contributed by atoms with Crippen LogP contribution >= 0.6 is 0 Å². The predicted molar refractivity (Wildman–Crippen MR) is 84.5 cm³/mol. The number of terminal acetylenes is 1. The van der Waals surface area contributed by atoms with Crippen LogP contribution in [0.1, 0.15) is 43.4 Å². The molecule has 0 saturated carbocycles.